The lowest BCUT2D eigenvalue weighted by atomic mass is 9.77. The van der Waals surface area contributed by atoms with Gasteiger partial charge in [0.15, 0.2) is 0 Å². The number of unbranched alkanes of at least 4 members (excludes halogenated alkanes) is 2. The van der Waals surface area contributed by atoms with Crippen LogP contribution in [0, 0.1) is 0 Å². The number of carboxylic acid groups (broad SMARTS) is 1. The maximum Gasteiger partial charge on any atom is 0.303 e. The van der Waals surface area contributed by atoms with Crippen LogP contribution in [0.5, 0.6) is 0 Å². The lowest BCUT2D eigenvalue weighted by Gasteiger charge is -2.29. The highest BCUT2D eigenvalue weighted by molar-refractivity contribution is 7.85. The molecule has 3 aromatic carbocycles. The van der Waals surface area contributed by atoms with E-state index in [2.05, 4.69) is 82.0 Å². The molecule has 254 valence electrons. The summed E-state index contributed by atoms with van der Waals surface area (Å²) in [5.74, 6) is -0.295. The van der Waals surface area contributed by atoms with Gasteiger partial charge in [0.25, 0.3) is 10.1 Å². The molecule has 0 radical (unpaired) electrons. The fraction of sp³-hybridized carbons (Fsp3) is 0.436. The SMILES string of the molecule is CCC(C)(C)c1c2oc3c4c(c5ccccc5c3cc-2c2ccccc2c1=NCCCS(=O)(=O)O)N(CCCCCC(=O)O)CC4(C)C. The number of carboxylic acids is 1. The zero-order chi connectivity index (χ0) is 34.4. The number of hydrogen-bond acceptors (Lipinski definition) is 6. The Morgan fingerprint density at radius 3 is 2.29 bits per heavy atom. The highest BCUT2D eigenvalue weighted by Crippen LogP contribution is 2.52. The zero-order valence-electron chi connectivity index (χ0n) is 28.6. The number of benzene rings is 4. The summed E-state index contributed by atoms with van der Waals surface area (Å²) in [7, 11) is -4.08. The molecule has 0 saturated carbocycles. The molecule has 0 bridgehead atoms. The van der Waals surface area contributed by atoms with Crippen molar-refractivity contribution in [2.45, 2.75) is 84.0 Å². The molecule has 0 aromatic heterocycles. The number of rotatable bonds is 12. The maximum absolute atomic E-state index is 11.5. The van der Waals surface area contributed by atoms with Crippen LogP contribution in [0.2, 0.25) is 0 Å². The lowest BCUT2D eigenvalue weighted by molar-refractivity contribution is -0.137. The van der Waals surface area contributed by atoms with Crippen molar-refractivity contribution in [3.8, 4) is 11.3 Å². The van der Waals surface area contributed by atoms with E-state index in [1.165, 1.54) is 16.6 Å². The average molecular weight is 671 g/mol. The van der Waals surface area contributed by atoms with Crippen molar-refractivity contribution < 1.29 is 27.3 Å². The minimum atomic E-state index is -4.08. The molecule has 0 fully saturated rings. The molecule has 2 aliphatic heterocycles. The monoisotopic (exact) mass is 670 g/mol. The summed E-state index contributed by atoms with van der Waals surface area (Å²) in [4.78, 5) is 18.6. The number of fused-ring (bicyclic) bond motifs is 9. The van der Waals surface area contributed by atoms with Gasteiger partial charge in [0, 0.05) is 64.3 Å². The van der Waals surface area contributed by atoms with Crippen LogP contribution in [0.3, 0.4) is 0 Å². The molecular weight excluding hydrogens is 625 g/mol. The molecule has 0 atom stereocenters. The van der Waals surface area contributed by atoms with Crippen molar-refractivity contribution in [3.05, 3.63) is 71.1 Å². The van der Waals surface area contributed by atoms with Crippen LogP contribution in [0.1, 0.15) is 84.3 Å². The van der Waals surface area contributed by atoms with Gasteiger partial charge >= 0.3 is 5.97 Å². The fourth-order valence-corrected chi connectivity index (χ4v) is 8.03. The Morgan fingerprint density at radius 1 is 0.958 bits per heavy atom. The van der Waals surface area contributed by atoms with Crippen molar-refractivity contribution in [1.82, 2.24) is 0 Å². The zero-order valence-corrected chi connectivity index (χ0v) is 29.4. The molecule has 9 heteroatoms. The maximum atomic E-state index is 11.5. The van der Waals surface area contributed by atoms with Gasteiger partial charge in [-0.05, 0) is 47.9 Å². The van der Waals surface area contributed by atoms with Crippen molar-refractivity contribution >= 4 is 54.3 Å². The Bertz CT molecular complexity index is 2180. The van der Waals surface area contributed by atoms with Crippen LogP contribution in [0.25, 0.3) is 43.8 Å². The Balaban J connectivity index is 1.65. The minimum Gasteiger partial charge on any atom is -0.481 e. The second-order valence-corrected chi connectivity index (χ2v) is 16.1. The summed E-state index contributed by atoms with van der Waals surface area (Å²) in [6.07, 6.45) is 3.68. The molecule has 48 heavy (non-hydrogen) atoms. The van der Waals surface area contributed by atoms with E-state index in [1.807, 2.05) is 12.1 Å². The van der Waals surface area contributed by atoms with Gasteiger partial charge in [-0.1, -0.05) is 89.6 Å². The minimum absolute atomic E-state index is 0.196. The Kier molecular flexibility index (Phi) is 9.06. The molecule has 2 heterocycles. The van der Waals surface area contributed by atoms with Crippen LogP contribution >= 0.6 is 0 Å². The molecule has 1 aliphatic carbocycles. The number of nitrogens with zero attached hydrogens (tertiary/aromatic N) is 2. The van der Waals surface area contributed by atoms with E-state index in [9.17, 15) is 17.8 Å². The first-order valence-corrected chi connectivity index (χ1v) is 18.6. The van der Waals surface area contributed by atoms with Crippen LogP contribution in [-0.4, -0.2) is 49.4 Å². The smallest absolute Gasteiger partial charge is 0.303 e. The van der Waals surface area contributed by atoms with E-state index >= 15 is 0 Å². The molecule has 0 amide bonds. The summed E-state index contributed by atoms with van der Waals surface area (Å²) in [5, 5.41) is 15.3. The predicted molar refractivity (Wildman–Crippen MR) is 194 cm³/mol. The normalized spacial score (nSPS) is 15.3. The Hall–Kier alpha value is -3.95. The summed E-state index contributed by atoms with van der Waals surface area (Å²) in [5.41, 5.74) is 4.73. The van der Waals surface area contributed by atoms with Gasteiger partial charge in [0.05, 0.1) is 16.8 Å². The van der Waals surface area contributed by atoms with E-state index < -0.39 is 16.1 Å². The van der Waals surface area contributed by atoms with Gasteiger partial charge in [-0.2, -0.15) is 8.42 Å². The van der Waals surface area contributed by atoms with Gasteiger partial charge in [-0.3, -0.25) is 14.3 Å². The highest BCUT2D eigenvalue weighted by atomic mass is 32.2. The largest absolute Gasteiger partial charge is 0.481 e. The summed E-state index contributed by atoms with van der Waals surface area (Å²) in [6.45, 7) is 13.0. The second-order valence-electron chi connectivity index (χ2n) is 14.5. The fourth-order valence-electron chi connectivity index (χ4n) is 7.54. The van der Waals surface area contributed by atoms with Gasteiger partial charge in [0.2, 0.25) is 0 Å². The van der Waals surface area contributed by atoms with Gasteiger partial charge < -0.3 is 14.4 Å². The van der Waals surface area contributed by atoms with Crippen LogP contribution in [0.4, 0.5) is 5.69 Å². The van der Waals surface area contributed by atoms with Crippen molar-refractivity contribution in [3.63, 3.8) is 0 Å². The van der Waals surface area contributed by atoms with Crippen LogP contribution in [-0.2, 0) is 25.7 Å². The second kappa shape index (κ2) is 12.8. The van der Waals surface area contributed by atoms with Crippen molar-refractivity contribution in [1.29, 1.82) is 0 Å². The number of aliphatic carboxylic acids is 1. The standard InChI is InChI=1S/C39H46N2O6S/c1-6-38(2,3)32-34(40-20-14-22-48(44,45)46)27-17-11-9-15-25(27)29-23-30-26-16-10-12-18-28(26)35-33(37(30)47-36(29)32)39(4,5)24-41(35)21-13-7-8-19-31(42)43/h9-12,15-18,23H,6-8,13-14,19-22,24H2,1-5H3,(H,42,43)(H,44,45,46). The Labute approximate surface area is 282 Å². The first-order valence-electron chi connectivity index (χ1n) is 17.0. The molecule has 2 N–H and O–H groups in total. The van der Waals surface area contributed by atoms with E-state index in [0.29, 0.717) is 6.42 Å². The lowest BCUT2D eigenvalue weighted by Crippen LogP contribution is -2.29. The first kappa shape index (κ1) is 33.9. The third-order valence-electron chi connectivity index (χ3n) is 10.1. The molecule has 0 saturated heterocycles. The first-order chi connectivity index (χ1) is 22.7. The Morgan fingerprint density at radius 2 is 1.62 bits per heavy atom. The topological polar surface area (TPSA) is 120 Å². The van der Waals surface area contributed by atoms with E-state index in [1.54, 1.807) is 0 Å². The third kappa shape index (κ3) is 6.30. The summed E-state index contributed by atoms with van der Waals surface area (Å²) in [6, 6.07) is 19.1. The van der Waals surface area contributed by atoms with Crippen LogP contribution in [0.15, 0.2) is 64.0 Å². The summed E-state index contributed by atoms with van der Waals surface area (Å²) < 4.78 is 39.6. The molecular formula is C39H46N2O6S. The van der Waals surface area contributed by atoms with Crippen molar-refractivity contribution in [2.24, 2.45) is 4.99 Å². The van der Waals surface area contributed by atoms with Gasteiger partial charge in [0.1, 0.15) is 11.3 Å². The molecule has 3 aliphatic rings. The number of hydrogen-bond donors (Lipinski definition) is 2. The highest BCUT2D eigenvalue weighted by Gasteiger charge is 2.40. The summed E-state index contributed by atoms with van der Waals surface area (Å²) >= 11 is 0. The van der Waals surface area contributed by atoms with Crippen LogP contribution < -0.4 is 10.3 Å². The quantitative estimate of drug-likeness (QED) is 0.0591. The molecule has 0 unspecified atom stereocenters. The number of carbonyl (C=O) groups is 1. The molecule has 6 rings (SSSR count). The van der Waals surface area contributed by atoms with E-state index in [4.69, 9.17) is 14.5 Å². The number of anilines is 1. The van der Waals surface area contributed by atoms with Crippen molar-refractivity contribution in [2.75, 3.05) is 30.3 Å². The van der Waals surface area contributed by atoms with Gasteiger partial charge in [-0.15, -0.1) is 0 Å². The average Bonchev–Trinajstić information content (AvgIpc) is 3.31. The van der Waals surface area contributed by atoms with E-state index in [0.717, 1.165) is 81.7 Å². The molecule has 8 nitrogen and oxygen atoms in total. The molecule has 3 aromatic rings. The predicted octanol–water partition coefficient (Wildman–Crippen LogP) is 8.45. The van der Waals surface area contributed by atoms with E-state index in [-0.39, 0.29) is 36.0 Å². The molecule has 0 spiro atoms. The van der Waals surface area contributed by atoms with Gasteiger partial charge in [-0.25, -0.2) is 0 Å². The third-order valence-corrected chi connectivity index (χ3v) is 10.9.